The zero-order chi connectivity index (χ0) is 26.7. The van der Waals surface area contributed by atoms with Crippen molar-refractivity contribution < 1.29 is 23.9 Å². The molecule has 1 aliphatic heterocycles. The fourth-order valence-corrected chi connectivity index (χ4v) is 4.18. The van der Waals surface area contributed by atoms with Crippen LogP contribution < -0.4 is 19.7 Å². The second kappa shape index (κ2) is 11.3. The van der Waals surface area contributed by atoms with E-state index in [0.29, 0.717) is 32.1 Å². The molecule has 4 rings (SSSR count). The largest absolute Gasteiger partial charge is 0.490 e. The average molecular weight is 560 g/mol. The van der Waals surface area contributed by atoms with E-state index in [1.165, 1.54) is 18.2 Å². The van der Waals surface area contributed by atoms with Crippen LogP contribution in [0.25, 0.3) is 6.08 Å². The number of ether oxygens (including phenoxy) is 2. The van der Waals surface area contributed by atoms with Crippen molar-refractivity contribution in [3.8, 4) is 11.5 Å². The summed E-state index contributed by atoms with van der Waals surface area (Å²) in [5.74, 6) is -0.675. The minimum Gasteiger partial charge on any atom is -0.490 e. The molecule has 1 fully saturated rings. The van der Waals surface area contributed by atoms with Gasteiger partial charge in [0.1, 0.15) is 23.7 Å². The topological polar surface area (TPSA) is 84.9 Å². The third-order valence-electron chi connectivity index (χ3n) is 5.24. The van der Waals surface area contributed by atoms with E-state index in [1.807, 2.05) is 13.8 Å². The standard InChI is InChI=1S/C27H21Cl3N2O5/c1-15(2)37-24-10-5-18(28)11-17(24)12-22-25(33)31-27(35)32(26(22)34)20-6-8-21(9-7-20)36-14-16-3-4-19(29)13-23(16)30/h3-13,15H,14H2,1-2H3,(H,31,33,35)/b22-12+. The molecule has 0 bridgehead atoms. The summed E-state index contributed by atoms with van der Waals surface area (Å²) >= 11 is 18.2. The fourth-order valence-electron chi connectivity index (χ4n) is 3.53. The highest BCUT2D eigenvalue weighted by Gasteiger charge is 2.37. The lowest BCUT2D eigenvalue weighted by atomic mass is 10.1. The van der Waals surface area contributed by atoms with Crippen molar-refractivity contribution in [2.45, 2.75) is 26.6 Å². The molecule has 7 nitrogen and oxygen atoms in total. The number of hydrogen-bond acceptors (Lipinski definition) is 5. The molecular weight excluding hydrogens is 539 g/mol. The summed E-state index contributed by atoms with van der Waals surface area (Å²) in [5.41, 5.74) is 1.19. The molecule has 0 aromatic heterocycles. The van der Waals surface area contributed by atoms with E-state index in [2.05, 4.69) is 5.32 Å². The molecule has 0 saturated carbocycles. The van der Waals surface area contributed by atoms with Crippen molar-refractivity contribution >= 4 is 64.4 Å². The number of imide groups is 2. The van der Waals surface area contributed by atoms with E-state index in [1.54, 1.807) is 48.5 Å². The smallest absolute Gasteiger partial charge is 0.335 e. The molecule has 3 aromatic rings. The van der Waals surface area contributed by atoms with Gasteiger partial charge < -0.3 is 9.47 Å². The Kier molecular flexibility index (Phi) is 8.07. The summed E-state index contributed by atoms with van der Waals surface area (Å²) in [6, 6.07) is 15.4. The molecule has 37 heavy (non-hydrogen) atoms. The highest BCUT2D eigenvalue weighted by molar-refractivity contribution is 6.39. The summed E-state index contributed by atoms with van der Waals surface area (Å²) in [7, 11) is 0. The number of benzene rings is 3. The van der Waals surface area contributed by atoms with Crippen molar-refractivity contribution in [2.75, 3.05) is 4.90 Å². The number of hydrogen-bond donors (Lipinski definition) is 1. The molecule has 0 aliphatic carbocycles. The van der Waals surface area contributed by atoms with Crippen LogP contribution in [0.1, 0.15) is 25.0 Å². The Hall–Kier alpha value is -3.52. The summed E-state index contributed by atoms with van der Waals surface area (Å²) in [4.78, 5) is 39.3. The minimum atomic E-state index is -0.862. The van der Waals surface area contributed by atoms with E-state index >= 15 is 0 Å². The number of urea groups is 1. The van der Waals surface area contributed by atoms with Crippen molar-refractivity contribution in [3.63, 3.8) is 0 Å². The second-order valence-corrected chi connectivity index (χ2v) is 9.60. The molecule has 1 N–H and O–H groups in total. The third-order valence-corrected chi connectivity index (χ3v) is 6.06. The highest BCUT2D eigenvalue weighted by atomic mass is 35.5. The predicted molar refractivity (Wildman–Crippen MR) is 143 cm³/mol. The molecule has 4 amide bonds. The number of rotatable bonds is 7. The lowest BCUT2D eigenvalue weighted by molar-refractivity contribution is -0.122. The summed E-state index contributed by atoms with van der Waals surface area (Å²) < 4.78 is 11.5. The number of carbonyl (C=O) groups is 3. The monoisotopic (exact) mass is 558 g/mol. The summed E-state index contributed by atoms with van der Waals surface area (Å²) in [6.45, 7) is 3.89. The Labute approximate surface area is 228 Å². The van der Waals surface area contributed by atoms with Crippen LogP contribution in [0.4, 0.5) is 10.5 Å². The van der Waals surface area contributed by atoms with Gasteiger partial charge in [0, 0.05) is 26.2 Å². The normalized spacial score (nSPS) is 14.8. The van der Waals surface area contributed by atoms with Gasteiger partial charge in [-0.2, -0.15) is 0 Å². The first-order valence-corrected chi connectivity index (χ1v) is 12.3. The molecule has 0 spiro atoms. The van der Waals surface area contributed by atoms with Crippen LogP contribution in [-0.4, -0.2) is 23.9 Å². The van der Waals surface area contributed by atoms with Crippen LogP contribution in [0, 0.1) is 0 Å². The molecular formula is C27H21Cl3N2O5. The van der Waals surface area contributed by atoms with Crippen LogP contribution >= 0.6 is 34.8 Å². The van der Waals surface area contributed by atoms with E-state index in [-0.39, 0.29) is 24.0 Å². The molecule has 0 unspecified atom stereocenters. The van der Waals surface area contributed by atoms with Crippen molar-refractivity contribution in [1.82, 2.24) is 5.32 Å². The Morgan fingerprint density at radius 2 is 1.59 bits per heavy atom. The maximum Gasteiger partial charge on any atom is 0.335 e. The van der Waals surface area contributed by atoms with Crippen LogP contribution in [0.5, 0.6) is 11.5 Å². The second-order valence-electron chi connectivity index (χ2n) is 8.32. The molecule has 1 heterocycles. The molecule has 1 aliphatic rings. The number of carbonyl (C=O) groups excluding carboxylic acids is 3. The van der Waals surface area contributed by atoms with Gasteiger partial charge in [-0.05, 0) is 74.5 Å². The Balaban J connectivity index is 1.57. The highest BCUT2D eigenvalue weighted by Crippen LogP contribution is 2.29. The van der Waals surface area contributed by atoms with Gasteiger partial charge in [-0.1, -0.05) is 40.9 Å². The van der Waals surface area contributed by atoms with E-state index in [9.17, 15) is 14.4 Å². The number of barbiturate groups is 1. The molecule has 3 aromatic carbocycles. The van der Waals surface area contributed by atoms with Gasteiger partial charge >= 0.3 is 6.03 Å². The number of halogens is 3. The SMILES string of the molecule is CC(C)Oc1ccc(Cl)cc1/C=C1\C(=O)NC(=O)N(c2ccc(OCc3ccc(Cl)cc3Cl)cc2)C1=O. The zero-order valence-corrected chi connectivity index (χ0v) is 22.0. The number of nitrogens with zero attached hydrogens (tertiary/aromatic N) is 1. The Bertz CT molecular complexity index is 1400. The first-order chi connectivity index (χ1) is 17.6. The number of nitrogens with one attached hydrogen (secondary N) is 1. The van der Waals surface area contributed by atoms with E-state index < -0.39 is 17.8 Å². The van der Waals surface area contributed by atoms with Gasteiger partial charge in [0.05, 0.1) is 11.8 Å². The van der Waals surface area contributed by atoms with Gasteiger partial charge in [-0.15, -0.1) is 0 Å². The van der Waals surface area contributed by atoms with Crippen molar-refractivity contribution in [1.29, 1.82) is 0 Å². The maximum absolute atomic E-state index is 13.3. The van der Waals surface area contributed by atoms with Gasteiger partial charge in [0.25, 0.3) is 11.8 Å². The lowest BCUT2D eigenvalue weighted by Gasteiger charge is -2.26. The number of anilines is 1. The molecule has 10 heteroatoms. The van der Waals surface area contributed by atoms with Crippen molar-refractivity contribution in [3.05, 3.63) is 92.4 Å². The minimum absolute atomic E-state index is 0.149. The molecule has 190 valence electrons. The van der Waals surface area contributed by atoms with E-state index in [0.717, 1.165) is 10.5 Å². The van der Waals surface area contributed by atoms with Crippen LogP contribution in [0.2, 0.25) is 15.1 Å². The fraction of sp³-hybridized carbons (Fsp3) is 0.148. The summed E-state index contributed by atoms with van der Waals surface area (Å²) in [6.07, 6.45) is 1.21. The predicted octanol–water partition coefficient (Wildman–Crippen LogP) is 6.68. The zero-order valence-electron chi connectivity index (χ0n) is 19.8. The number of amides is 4. The Morgan fingerprint density at radius 1 is 0.919 bits per heavy atom. The van der Waals surface area contributed by atoms with Gasteiger partial charge in [0.2, 0.25) is 0 Å². The van der Waals surface area contributed by atoms with Gasteiger partial charge in [-0.25, -0.2) is 9.69 Å². The van der Waals surface area contributed by atoms with Gasteiger partial charge in [-0.3, -0.25) is 14.9 Å². The average Bonchev–Trinajstić information content (AvgIpc) is 2.83. The summed E-state index contributed by atoms with van der Waals surface area (Å²) in [5, 5.41) is 3.60. The van der Waals surface area contributed by atoms with Crippen molar-refractivity contribution in [2.24, 2.45) is 0 Å². The maximum atomic E-state index is 13.3. The quantitative estimate of drug-likeness (QED) is 0.258. The van der Waals surface area contributed by atoms with Crippen LogP contribution in [0.3, 0.4) is 0 Å². The first-order valence-electron chi connectivity index (χ1n) is 11.2. The third kappa shape index (κ3) is 6.25. The van der Waals surface area contributed by atoms with Crippen LogP contribution in [0.15, 0.2) is 66.2 Å². The molecule has 1 saturated heterocycles. The van der Waals surface area contributed by atoms with Gasteiger partial charge in [0.15, 0.2) is 0 Å². The first kappa shape index (κ1) is 26.5. The molecule has 0 radical (unpaired) electrons. The van der Waals surface area contributed by atoms with Crippen LogP contribution in [-0.2, 0) is 16.2 Å². The lowest BCUT2D eigenvalue weighted by Crippen LogP contribution is -2.54. The molecule has 0 atom stereocenters. The van der Waals surface area contributed by atoms with E-state index in [4.69, 9.17) is 44.3 Å². The Morgan fingerprint density at radius 3 is 2.27 bits per heavy atom.